The van der Waals surface area contributed by atoms with E-state index in [4.69, 9.17) is 14.2 Å². The highest BCUT2D eigenvalue weighted by Crippen LogP contribution is 2.32. The van der Waals surface area contributed by atoms with Gasteiger partial charge in [0.1, 0.15) is 11.8 Å². The van der Waals surface area contributed by atoms with Crippen molar-refractivity contribution in [1.82, 2.24) is 20.9 Å². The van der Waals surface area contributed by atoms with E-state index in [1.807, 2.05) is 0 Å². The SMILES string of the molecule is C[C@@H]1C[C@@H](CN/C=C/C(=O)c2ccccc2O)N(c2ccc(CCNC(=O)CCOCCOCCOCCNc3cccc4c3C(=O)N(C3CCC(=O)NC3=O)C4=O)cc2)C1. The highest BCUT2D eigenvalue weighted by molar-refractivity contribution is 6.25. The first kappa shape index (κ1) is 44.5. The minimum atomic E-state index is -1.02. The number of aromatic hydroxyl groups is 1. The molecule has 16 nitrogen and oxygen atoms in total. The fourth-order valence-corrected chi connectivity index (χ4v) is 7.69. The summed E-state index contributed by atoms with van der Waals surface area (Å²) >= 11 is 0. The highest BCUT2D eigenvalue weighted by atomic mass is 16.5. The summed E-state index contributed by atoms with van der Waals surface area (Å²) < 4.78 is 16.7. The summed E-state index contributed by atoms with van der Waals surface area (Å²) in [6.45, 7) is 6.70. The number of anilines is 2. The van der Waals surface area contributed by atoms with Gasteiger partial charge in [-0.2, -0.15) is 0 Å². The van der Waals surface area contributed by atoms with Gasteiger partial charge in [0.15, 0.2) is 5.78 Å². The first-order valence-electron chi connectivity index (χ1n) is 20.8. The molecule has 3 atom stereocenters. The van der Waals surface area contributed by atoms with Crippen LogP contribution < -0.4 is 26.2 Å². The maximum Gasteiger partial charge on any atom is 0.264 e. The standard InChI is InChI=1S/C45H54N6O10/c1-30-27-33(28-46-18-16-39(53)34-5-2-3-8-38(34)52)50(29-30)32-11-9-31(10-12-32)15-19-48-40(54)17-21-59-23-25-61-26-24-60-22-20-47-36-7-4-6-35-42(36)45(58)51(44(35)57)37-13-14-41(55)49-43(37)56/h2-12,16,18,30,33,37,46-47,52H,13-15,17,19-29H2,1H3,(H,48,54)(H,49,55,56)/b18-16+/t30-,33+,37?/m1/s1. The molecule has 3 aliphatic heterocycles. The van der Waals surface area contributed by atoms with Gasteiger partial charge >= 0.3 is 0 Å². The van der Waals surface area contributed by atoms with Gasteiger partial charge in [0.05, 0.1) is 56.3 Å². The first-order valence-corrected chi connectivity index (χ1v) is 20.8. The number of hydrogen-bond donors (Lipinski definition) is 5. The van der Waals surface area contributed by atoms with E-state index in [9.17, 15) is 33.9 Å². The van der Waals surface area contributed by atoms with Crippen molar-refractivity contribution < 1.29 is 48.1 Å². The number of phenols is 1. The summed E-state index contributed by atoms with van der Waals surface area (Å²) in [5.41, 5.74) is 3.39. The first-order chi connectivity index (χ1) is 29.6. The Morgan fingerprint density at radius 3 is 2.36 bits per heavy atom. The third-order valence-corrected chi connectivity index (χ3v) is 10.8. The van der Waals surface area contributed by atoms with Crippen LogP contribution >= 0.6 is 0 Å². The lowest BCUT2D eigenvalue weighted by Gasteiger charge is -2.27. The van der Waals surface area contributed by atoms with Crippen molar-refractivity contribution in [2.75, 3.05) is 76.0 Å². The molecule has 0 saturated carbocycles. The number of benzene rings is 3. The monoisotopic (exact) mass is 838 g/mol. The Balaban J connectivity index is 0.776. The van der Waals surface area contributed by atoms with Crippen LogP contribution in [-0.4, -0.2) is 123 Å². The van der Waals surface area contributed by atoms with Gasteiger partial charge in [-0.1, -0.05) is 37.3 Å². The van der Waals surface area contributed by atoms with Crippen molar-refractivity contribution in [3.63, 3.8) is 0 Å². The number of imide groups is 2. The smallest absolute Gasteiger partial charge is 0.264 e. The van der Waals surface area contributed by atoms with E-state index in [-0.39, 0.29) is 66.0 Å². The molecule has 3 heterocycles. The van der Waals surface area contributed by atoms with Gasteiger partial charge in [0.25, 0.3) is 11.8 Å². The quantitative estimate of drug-likeness (QED) is 0.0404. The van der Waals surface area contributed by atoms with E-state index in [1.165, 1.54) is 12.1 Å². The molecule has 1 unspecified atom stereocenters. The minimum Gasteiger partial charge on any atom is -0.507 e. The molecule has 3 aromatic carbocycles. The lowest BCUT2D eigenvalue weighted by atomic mass is 10.0. The Kier molecular flexibility index (Phi) is 16.0. The van der Waals surface area contributed by atoms with E-state index in [2.05, 4.69) is 57.4 Å². The van der Waals surface area contributed by atoms with Crippen molar-refractivity contribution >= 4 is 46.7 Å². The average molecular weight is 839 g/mol. The third kappa shape index (κ3) is 12.0. The van der Waals surface area contributed by atoms with Crippen LogP contribution in [0.1, 0.15) is 69.2 Å². The number of carbonyl (C=O) groups excluding carboxylic acids is 6. The molecule has 2 fully saturated rings. The molecule has 324 valence electrons. The van der Waals surface area contributed by atoms with Crippen molar-refractivity contribution in [2.45, 2.75) is 51.1 Å². The van der Waals surface area contributed by atoms with Crippen LogP contribution in [0.2, 0.25) is 0 Å². The number of nitrogens with one attached hydrogen (secondary N) is 4. The molecule has 3 aliphatic rings. The van der Waals surface area contributed by atoms with Gasteiger partial charge in [-0.15, -0.1) is 0 Å². The van der Waals surface area contributed by atoms with Crippen molar-refractivity contribution in [2.24, 2.45) is 5.92 Å². The molecule has 0 aromatic heterocycles. The number of amides is 5. The molecule has 16 heteroatoms. The predicted molar refractivity (Wildman–Crippen MR) is 226 cm³/mol. The molecule has 0 radical (unpaired) electrons. The number of piperidine rings is 1. The molecule has 5 N–H and O–H groups in total. The number of allylic oxidation sites excluding steroid dienone is 1. The normalized spacial score (nSPS) is 18.7. The molecule has 0 aliphatic carbocycles. The van der Waals surface area contributed by atoms with Crippen molar-refractivity contribution in [1.29, 1.82) is 0 Å². The zero-order valence-corrected chi connectivity index (χ0v) is 34.4. The lowest BCUT2D eigenvalue weighted by molar-refractivity contribution is -0.136. The predicted octanol–water partition coefficient (Wildman–Crippen LogP) is 3.21. The van der Waals surface area contributed by atoms with Gasteiger partial charge in [0, 0.05) is 68.7 Å². The molecular formula is C45H54N6O10. The average Bonchev–Trinajstić information content (AvgIpc) is 3.75. The number of phenolic OH excluding ortho intramolecular Hbond substituents is 1. The molecule has 3 aromatic rings. The minimum absolute atomic E-state index is 0.0328. The molecule has 5 amide bonds. The summed E-state index contributed by atoms with van der Waals surface area (Å²) in [6.07, 6.45) is 5.22. The number of ether oxygens (including phenoxy) is 3. The Morgan fingerprint density at radius 1 is 0.869 bits per heavy atom. The van der Waals surface area contributed by atoms with Crippen LogP contribution in [0.3, 0.4) is 0 Å². The third-order valence-electron chi connectivity index (χ3n) is 10.8. The van der Waals surface area contributed by atoms with Crippen molar-refractivity contribution in [3.05, 3.63) is 101 Å². The van der Waals surface area contributed by atoms with E-state index >= 15 is 0 Å². The van der Waals surface area contributed by atoms with Gasteiger partial charge in [-0.05, 0) is 67.1 Å². The number of para-hydroxylation sites is 1. The molecule has 61 heavy (non-hydrogen) atoms. The van der Waals surface area contributed by atoms with E-state index in [1.54, 1.807) is 42.6 Å². The largest absolute Gasteiger partial charge is 0.507 e. The zero-order chi connectivity index (χ0) is 43.1. The van der Waals surface area contributed by atoms with Crippen LogP contribution in [0.25, 0.3) is 0 Å². The fourth-order valence-electron chi connectivity index (χ4n) is 7.69. The number of carbonyl (C=O) groups is 6. The number of rotatable bonds is 23. The van der Waals surface area contributed by atoms with Crippen LogP contribution in [0.15, 0.2) is 79.0 Å². The molecular weight excluding hydrogens is 785 g/mol. The summed E-state index contributed by atoms with van der Waals surface area (Å²) in [7, 11) is 0. The summed E-state index contributed by atoms with van der Waals surface area (Å²) in [5, 5.41) is 21.5. The van der Waals surface area contributed by atoms with E-state index < -0.39 is 29.7 Å². The number of hydrogen-bond acceptors (Lipinski definition) is 13. The molecule has 6 rings (SSSR count). The lowest BCUT2D eigenvalue weighted by Crippen LogP contribution is -2.54. The topological polar surface area (TPSA) is 205 Å². The Labute approximate surface area is 355 Å². The maximum absolute atomic E-state index is 13.2. The highest BCUT2D eigenvalue weighted by Gasteiger charge is 2.45. The van der Waals surface area contributed by atoms with Gasteiger partial charge in [-0.25, -0.2) is 0 Å². The second-order valence-electron chi connectivity index (χ2n) is 15.2. The van der Waals surface area contributed by atoms with E-state index in [0.29, 0.717) is 70.7 Å². The van der Waals surface area contributed by atoms with Gasteiger partial charge in [-0.3, -0.25) is 39.0 Å². The second-order valence-corrected chi connectivity index (χ2v) is 15.2. The maximum atomic E-state index is 13.2. The molecule has 0 bridgehead atoms. The van der Waals surface area contributed by atoms with E-state index in [0.717, 1.165) is 29.1 Å². The van der Waals surface area contributed by atoms with Gasteiger partial charge in [0.2, 0.25) is 17.7 Å². The van der Waals surface area contributed by atoms with Crippen LogP contribution in [0, 0.1) is 5.92 Å². The Hall–Kier alpha value is -6.10. The van der Waals surface area contributed by atoms with Gasteiger partial charge < -0.3 is 40.2 Å². The van der Waals surface area contributed by atoms with Crippen molar-refractivity contribution in [3.8, 4) is 5.75 Å². The molecule has 0 spiro atoms. The summed E-state index contributed by atoms with van der Waals surface area (Å²) in [4.78, 5) is 78.2. The number of ketones is 1. The summed E-state index contributed by atoms with van der Waals surface area (Å²) in [6, 6.07) is 19.1. The zero-order valence-electron chi connectivity index (χ0n) is 34.4. The van der Waals surface area contributed by atoms with Crippen LogP contribution in [-0.2, 0) is 35.0 Å². The molecule has 2 saturated heterocycles. The Bertz CT molecular complexity index is 2070. The second kappa shape index (κ2) is 21.9. The van der Waals surface area contributed by atoms with Crippen LogP contribution in [0.5, 0.6) is 5.75 Å². The Morgan fingerprint density at radius 2 is 1.61 bits per heavy atom. The summed E-state index contributed by atoms with van der Waals surface area (Å²) in [5.74, 6) is -2.05. The fraction of sp³-hybridized carbons (Fsp3) is 0.422. The number of fused-ring (bicyclic) bond motifs is 1. The number of nitrogens with zero attached hydrogens (tertiary/aromatic N) is 2. The van der Waals surface area contributed by atoms with Crippen LogP contribution in [0.4, 0.5) is 11.4 Å².